The quantitative estimate of drug-likeness (QED) is 0.575. The highest BCUT2D eigenvalue weighted by molar-refractivity contribution is 7.16. The van der Waals surface area contributed by atoms with Gasteiger partial charge in [-0.3, -0.25) is 0 Å². The van der Waals surface area contributed by atoms with Crippen LogP contribution < -0.4 is 5.32 Å². The van der Waals surface area contributed by atoms with E-state index in [2.05, 4.69) is 40.6 Å². The van der Waals surface area contributed by atoms with E-state index in [1.54, 1.807) is 11.3 Å². The van der Waals surface area contributed by atoms with Crippen LogP contribution in [0.3, 0.4) is 0 Å². The maximum atomic E-state index is 4.79. The highest BCUT2D eigenvalue weighted by atomic mass is 32.1. The second-order valence-electron chi connectivity index (χ2n) is 5.58. The Balaban J connectivity index is 1.83. The van der Waals surface area contributed by atoms with Gasteiger partial charge in [0.15, 0.2) is 0 Å². The van der Waals surface area contributed by atoms with Gasteiger partial charge in [0, 0.05) is 18.7 Å². The number of thiophene rings is 1. The van der Waals surface area contributed by atoms with E-state index in [0.29, 0.717) is 0 Å². The normalized spacial score (nSPS) is 13.8. The molecule has 0 amide bonds. The molecule has 0 spiro atoms. The molecule has 2 aromatic heterocycles. The summed E-state index contributed by atoms with van der Waals surface area (Å²) in [5.41, 5.74) is 5.83. The largest absolute Gasteiger partial charge is 0.309 e. The first-order valence-corrected chi connectivity index (χ1v) is 8.23. The predicted molar refractivity (Wildman–Crippen MR) is 90.9 cm³/mol. The molecule has 3 heterocycles. The van der Waals surface area contributed by atoms with Crippen molar-refractivity contribution in [3.05, 3.63) is 59.1 Å². The standard InChI is InChI=1S/C18H13N3S/c1-2-11-8-19-9-12-4-5-13(14(3-1)17(11)12)16-10-20-18-15(21-16)6-7-22-18/h1-7,10,19H,8-9H2. The summed E-state index contributed by atoms with van der Waals surface area (Å²) in [6.45, 7) is 1.87. The maximum absolute atomic E-state index is 4.79. The Labute approximate surface area is 131 Å². The van der Waals surface area contributed by atoms with Crippen LogP contribution in [0.2, 0.25) is 0 Å². The van der Waals surface area contributed by atoms with E-state index in [9.17, 15) is 0 Å². The van der Waals surface area contributed by atoms with Gasteiger partial charge in [-0.2, -0.15) is 0 Å². The molecule has 22 heavy (non-hydrogen) atoms. The van der Waals surface area contributed by atoms with Crippen molar-refractivity contribution < 1.29 is 0 Å². The fourth-order valence-electron chi connectivity index (χ4n) is 3.30. The van der Waals surface area contributed by atoms with Crippen LogP contribution in [0.4, 0.5) is 0 Å². The first kappa shape index (κ1) is 12.3. The number of hydrogen-bond donors (Lipinski definition) is 1. The molecule has 0 saturated heterocycles. The van der Waals surface area contributed by atoms with Gasteiger partial charge in [-0.1, -0.05) is 30.3 Å². The predicted octanol–water partition coefficient (Wildman–Crippen LogP) is 4.11. The Kier molecular flexibility index (Phi) is 2.56. The Bertz CT molecular complexity index is 1010. The molecule has 1 aliphatic rings. The van der Waals surface area contributed by atoms with Gasteiger partial charge in [-0.15, -0.1) is 11.3 Å². The minimum atomic E-state index is 0.934. The smallest absolute Gasteiger partial charge is 0.141 e. The lowest BCUT2D eigenvalue weighted by atomic mass is 9.92. The molecular formula is C18H13N3S. The third-order valence-corrected chi connectivity index (χ3v) is 5.10. The molecule has 5 rings (SSSR count). The van der Waals surface area contributed by atoms with Gasteiger partial charge in [0.25, 0.3) is 0 Å². The number of nitrogens with zero attached hydrogens (tertiary/aromatic N) is 2. The molecule has 0 saturated carbocycles. The van der Waals surface area contributed by atoms with Crippen molar-refractivity contribution in [2.24, 2.45) is 0 Å². The van der Waals surface area contributed by atoms with Crippen molar-refractivity contribution in [1.29, 1.82) is 0 Å². The van der Waals surface area contributed by atoms with Crippen LogP contribution in [0.25, 0.3) is 32.4 Å². The molecule has 3 nitrogen and oxygen atoms in total. The third-order valence-electron chi connectivity index (χ3n) is 4.29. The summed E-state index contributed by atoms with van der Waals surface area (Å²) in [6, 6.07) is 13.0. The highest BCUT2D eigenvalue weighted by Gasteiger charge is 2.15. The summed E-state index contributed by atoms with van der Waals surface area (Å²) >= 11 is 1.63. The minimum absolute atomic E-state index is 0.934. The van der Waals surface area contributed by atoms with Gasteiger partial charge in [0.2, 0.25) is 0 Å². The lowest BCUT2D eigenvalue weighted by Gasteiger charge is -2.20. The summed E-state index contributed by atoms with van der Waals surface area (Å²) in [7, 11) is 0. The van der Waals surface area contributed by atoms with Crippen molar-refractivity contribution >= 4 is 32.5 Å². The van der Waals surface area contributed by atoms with E-state index in [1.165, 1.54) is 27.5 Å². The number of nitrogens with one attached hydrogen (secondary N) is 1. The van der Waals surface area contributed by atoms with Gasteiger partial charge < -0.3 is 5.32 Å². The van der Waals surface area contributed by atoms with Gasteiger partial charge in [-0.05, 0) is 33.3 Å². The summed E-state index contributed by atoms with van der Waals surface area (Å²) in [5.74, 6) is 0. The molecule has 0 aliphatic carbocycles. The Morgan fingerprint density at radius 2 is 1.91 bits per heavy atom. The first-order chi connectivity index (χ1) is 10.9. The molecule has 4 heteroatoms. The molecule has 2 aromatic carbocycles. The molecule has 0 fully saturated rings. The number of benzene rings is 2. The van der Waals surface area contributed by atoms with Gasteiger partial charge in [-0.25, -0.2) is 9.97 Å². The van der Waals surface area contributed by atoms with E-state index >= 15 is 0 Å². The van der Waals surface area contributed by atoms with E-state index in [4.69, 9.17) is 4.98 Å². The van der Waals surface area contributed by atoms with Crippen LogP contribution in [0.5, 0.6) is 0 Å². The van der Waals surface area contributed by atoms with E-state index in [-0.39, 0.29) is 0 Å². The molecule has 0 atom stereocenters. The van der Waals surface area contributed by atoms with E-state index in [0.717, 1.165) is 29.1 Å². The second-order valence-corrected chi connectivity index (χ2v) is 6.48. The monoisotopic (exact) mass is 303 g/mol. The Morgan fingerprint density at radius 3 is 2.86 bits per heavy atom. The zero-order valence-electron chi connectivity index (χ0n) is 11.8. The lowest BCUT2D eigenvalue weighted by Crippen LogP contribution is -2.18. The van der Waals surface area contributed by atoms with Gasteiger partial charge in [0.05, 0.1) is 11.9 Å². The average Bonchev–Trinajstić information content (AvgIpc) is 3.03. The zero-order chi connectivity index (χ0) is 14.5. The fraction of sp³-hybridized carbons (Fsp3) is 0.111. The summed E-state index contributed by atoms with van der Waals surface area (Å²) < 4.78 is 0. The van der Waals surface area contributed by atoms with Crippen LogP contribution in [-0.2, 0) is 13.1 Å². The molecule has 1 N–H and O–H groups in total. The van der Waals surface area contributed by atoms with Crippen molar-refractivity contribution in [3.63, 3.8) is 0 Å². The van der Waals surface area contributed by atoms with Crippen molar-refractivity contribution in [2.45, 2.75) is 13.1 Å². The van der Waals surface area contributed by atoms with Crippen LogP contribution >= 0.6 is 11.3 Å². The second kappa shape index (κ2) is 4.60. The first-order valence-electron chi connectivity index (χ1n) is 7.35. The van der Waals surface area contributed by atoms with Crippen LogP contribution in [0.1, 0.15) is 11.1 Å². The highest BCUT2D eigenvalue weighted by Crippen LogP contribution is 2.34. The molecule has 0 radical (unpaired) electrons. The van der Waals surface area contributed by atoms with Gasteiger partial charge in [0.1, 0.15) is 10.3 Å². The number of rotatable bonds is 1. The van der Waals surface area contributed by atoms with Crippen LogP contribution in [-0.4, -0.2) is 9.97 Å². The minimum Gasteiger partial charge on any atom is -0.309 e. The Morgan fingerprint density at radius 1 is 1.00 bits per heavy atom. The third kappa shape index (κ3) is 1.71. The molecule has 4 aromatic rings. The number of hydrogen-bond acceptors (Lipinski definition) is 4. The van der Waals surface area contributed by atoms with Crippen LogP contribution in [0, 0.1) is 0 Å². The molecule has 0 unspecified atom stereocenters. The van der Waals surface area contributed by atoms with Crippen molar-refractivity contribution in [3.8, 4) is 11.3 Å². The lowest BCUT2D eigenvalue weighted by molar-refractivity contribution is 0.683. The van der Waals surface area contributed by atoms with Crippen molar-refractivity contribution in [1.82, 2.24) is 15.3 Å². The number of fused-ring (bicyclic) bond motifs is 1. The zero-order valence-corrected chi connectivity index (χ0v) is 12.7. The molecule has 106 valence electrons. The SMILES string of the molecule is c1cc2c3c(ccc(-c4cnc5sccc5n4)c3c1)CNC2. The van der Waals surface area contributed by atoms with Crippen LogP contribution in [0.15, 0.2) is 48.0 Å². The summed E-state index contributed by atoms with van der Waals surface area (Å²) in [6.07, 6.45) is 1.89. The van der Waals surface area contributed by atoms with Crippen molar-refractivity contribution in [2.75, 3.05) is 0 Å². The van der Waals surface area contributed by atoms with Gasteiger partial charge >= 0.3 is 0 Å². The summed E-state index contributed by atoms with van der Waals surface area (Å²) in [5, 5.41) is 8.15. The van der Waals surface area contributed by atoms with E-state index < -0.39 is 0 Å². The Hall–Kier alpha value is -2.30. The average molecular weight is 303 g/mol. The topological polar surface area (TPSA) is 37.8 Å². The fourth-order valence-corrected chi connectivity index (χ4v) is 3.97. The summed E-state index contributed by atoms with van der Waals surface area (Å²) in [4.78, 5) is 10.3. The molecular weight excluding hydrogens is 290 g/mol. The maximum Gasteiger partial charge on any atom is 0.141 e. The molecule has 0 bridgehead atoms. The molecule has 1 aliphatic heterocycles. The number of aromatic nitrogens is 2. The van der Waals surface area contributed by atoms with E-state index in [1.807, 2.05) is 17.6 Å².